The fourth-order valence-corrected chi connectivity index (χ4v) is 2.25. The quantitative estimate of drug-likeness (QED) is 0.801. The lowest BCUT2D eigenvalue weighted by Gasteiger charge is -2.17. The van der Waals surface area contributed by atoms with Crippen molar-refractivity contribution >= 4 is 29.0 Å². The van der Waals surface area contributed by atoms with Crippen LogP contribution in [0.5, 0.6) is 5.75 Å². The minimum atomic E-state index is -0.644. The highest BCUT2D eigenvalue weighted by Crippen LogP contribution is 2.20. The molecule has 1 N–H and O–H groups in total. The van der Waals surface area contributed by atoms with Crippen LogP contribution in [0.2, 0.25) is 5.02 Å². The lowest BCUT2D eigenvalue weighted by Crippen LogP contribution is -2.32. The fourth-order valence-electron chi connectivity index (χ4n) is 2.07. The molecule has 2 rings (SSSR count). The summed E-state index contributed by atoms with van der Waals surface area (Å²) >= 11 is 5.92. The van der Waals surface area contributed by atoms with Gasteiger partial charge in [0.15, 0.2) is 11.9 Å². The van der Waals surface area contributed by atoms with Gasteiger partial charge in [-0.2, -0.15) is 0 Å². The van der Waals surface area contributed by atoms with E-state index in [-0.39, 0.29) is 11.7 Å². The first-order valence-electron chi connectivity index (χ1n) is 7.33. The summed E-state index contributed by atoms with van der Waals surface area (Å²) in [5, 5.41) is 3.32. The van der Waals surface area contributed by atoms with Crippen LogP contribution in [0, 0.1) is 0 Å². The average Bonchev–Trinajstić information content (AvgIpc) is 2.52. The summed E-state index contributed by atoms with van der Waals surface area (Å²) < 4.78 is 5.69. The molecule has 0 bridgehead atoms. The van der Waals surface area contributed by atoms with Crippen LogP contribution in [0.25, 0.3) is 0 Å². The van der Waals surface area contributed by atoms with Crippen molar-refractivity contribution in [2.45, 2.75) is 26.4 Å². The molecular weight excluding hydrogens is 314 g/mol. The van der Waals surface area contributed by atoms with Crippen LogP contribution < -0.4 is 10.1 Å². The zero-order valence-electron chi connectivity index (χ0n) is 13.0. The molecule has 0 fully saturated rings. The Morgan fingerprint density at radius 1 is 1.17 bits per heavy atom. The number of Topliss-reactive ketones (excluding diaryl/α,β-unsaturated/α-hetero) is 1. The van der Waals surface area contributed by atoms with Crippen LogP contribution in [0.1, 0.15) is 30.6 Å². The number of nitrogens with one attached hydrogen (secondary N) is 1. The number of benzene rings is 2. The van der Waals surface area contributed by atoms with Gasteiger partial charge in [-0.25, -0.2) is 0 Å². The summed E-state index contributed by atoms with van der Waals surface area (Å²) in [4.78, 5) is 23.8. The number of amides is 1. The standard InChI is InChI=1S/C18H18ClNO3/c1-3-17(23-16-9-5-7-14(19)11-16)18(22)20-15-8-4-6-13(10-15)12(2)21/h4-11,17H,3H2,1-2H3,(H,20,22)/t17-/m0/s1. The molecule has 23 heavy (non-hydrogen) atoms. The Labute approximate surface area is 140 Å². The van der Waals surface area contributed by atoms with Gasteiger partial charge in [-0.15, -0.1) is 0 Å². The van der Waals surface area contributed by atoms with E-state index in [4.69, 9.17) is 16.3 Å². The third-order valence-corrected chi connectivity index (χ3v) is 3.51. The molecule has 0 saturated heterocycles. The highest BCUT2D eigenvalue weighted by atomic mass is 35.5. The van der Waals surface area contributed by atoms with Crippen LogP contribution in [0.4, 0.5) is 5.69 Å². The molecule has 0 unspecified atom stereocenters. The molecule has 1 atom stereocenters. The van der Waals surface area contributed by atoms with Gasteiger partial charge in [-0.1, -0.05) is 36.7 Å². The molecule has 0 aliphatic heterocycles. The molecule has 0 heterocycles. The summed E-state index contributed by atoms with van der Waals surface area (Å²) in [6, 6.07) is 13.7. The molecule has 5 heteroatoms. The molecule has 1 amide bonds. The second-order valence-corrected chi connectivity index (χ2v) is 5.53. The van der Waals surface area contributed by atoms with Gasteiger partial charge in [0.25, 0.3) is 5.91 Å². The van der Waals surface area contributed by atoms with Crippen LogP contribution >= 0.6 is 11.6 Å². The molecule has 0 aliphatic carbocycles. The maximum Gasteiger partial charge on any atom is 0.265 e. The zero-order chi connectivity index (χ0) is 16.8. The van der Waals surface area contributed by atoms with E-state index in [2.05, 4.69) is 5.32 Å². The Hall–Kier alpha value is -2.33. The Bertz CT molecular complexity index is 715. The summed E-state index contributed by atoms with van der Waals surface area (Å²) in [5.74, 6) is 0.216. The van der Waals surface area contributed by atoms with Crippen molar-refractivity contribution in [1.82, 2.24) is 0 Å². The molecule has 0 saturated carbocycles. The van der Waals surface area contributed by atoms with E-state index in [1.807, 2.05) is 6.92 Å². The summed E-state index contributed by atoms with van der Waals surface area (Å²) in [7, 11) is 0. The van der Waals surface area contributed by atoms with Crippen LogP contribution in [-0.2, 0) is 4.79 Å². The van der Waals surface area contributed by atoms with Crippen molar-refractivity contribution < 1.29 is 14.3 Å². The van der Waals surface area contributed by atoms with E-state index in [0.717, 1.165) is 0 Å². The number of hydrogen-bond acceptors (Lipinski definition) is 3. The minimum absolute atomic E-state index is 0.0525. The monoisotopic (exact) mass is 331 g/mol. The summed E-state index contributed by atoms with van der Waals surface area (Å²) in [6.45, 7) is 3.35. The Morgan fingerprint density at radius 3 is 2.57 bits per heavy atom. The van der Waals surface area contributed by atoms with Crippen LogP contribution in [-0.4, -0.2) is 17.8 Å². The highest BCUT2D eigenvalue weighted by molar-refractivity contribution is 6.30. The largest absolute Gasteiger partial charge is 0.481 e. The molecule has 2 aromatic carbocycles. The van der Waals surface area contributed by atoms with Gasteiger partial charge < -0.3 is 10.1 Å². The Morgan fingerprint density at radius 2 is 1.91 bits per heavy atom. The second kappa shape index (κ2) is 7.79. The third-order valence-electron chi connectivity index (χ3n) is 3.27. The predicted molar refractivity (Wildman–Crippen MR) is 91.2 cm³/mol. The van der Waals surface area contributed by atoms with Crippen molar-refractivity contribution in [3.63, 3.8) is 0 Å². The number of ether oxygens (including phenoxy) is 1. The van der Waals surface area contributed by atoms with Gasteiger partial charge in [0.1, 0.15) is 5.75 Å². The smallest absolute Gasteiger partial charge is 0.265 e. The van der Waals surface area contributed by atoms with E-state index >= 15 is 0 Å². The van der Waals surface area contributed by atoms with E-state index in [1.54, 1.807) is 48.5 Å². The van der Waals surface area contributed by atoms with Gasteiger partial charge in [0.05, 0.1) is 0 Å². The number of ketones is 1. The van der Waals surface area contributed by atoms with E-state index in [0.29, 0.717) is 28.4 Å². The Balaban J connectivity index is 2.08. The third kappa shape index (κ3) is 4.83. The highest BCUT2D eigenvalue weighted by Gasteiger charge is 2.19. The van der Waals surface area contributed by atoms with Gasteiger partial charge in [0, 0.05) is 16.3 Å². The van der Waals surface area contributed by atoms with Gasteiger partial charge in [0.2, 0.25) is 0 Å². The van der Waals surface area contributed by atoms with Crippen molar-refractivity contribution in [2.75, 3.05) is 5.32 Å². The van der Waals surface area contributed by atoms with Gasteiger partial charge in [-0.3, -0.25) is 9.59 Å². The first-order chi connectivity index (χ1) is 11.0. The molecule has 0 aliphatic rings. The van der Waals surface area contributed by atoms with Crippen molar-refractivity contribution in [1.29, 1.82) is 0 Å². The van der Waals surface area contributed by atoms with Gasteiger partial charge in [-0.05, 0) is 43.7 Å². The normalized spacial score (nSPS) is 11.6. The number of rotatable bonds is 6. The number of carbonyl (C=O) groups excluding carboxylic acids is 2. The number of halogens is 1. The molecule has 0 radical (unpaired) electrons. The number of anilines is 1. The zero-order valence-corrected chi connectivity index (χ0v) is 13.8. The Kier molecular flexibility index (Phi) is 5.77. The topological polar surface area (TPSA) is 55.4 Å². The lowest BCUT2D eigenvalue weighted by atomic mass is 10.1. The summed E-state index contributed by atoms with van der Waals surface area (Å²) in [6.07, 6.45) is -0.139. The van der Waals surface area contributed by atoms with Gasteiger partial charge >= 0.3 is 0 Å². The maximum atomic E-state index is 12.4. The average molecular weight is 332 g/mol. The molecule has 120 valence electrons. The molecule has 0 spiro atoms. The number of carbonyl (C=O) groups is 2. The minimum Gasteiger partial charge on any atom is -0.481 e. The molecular formula is C18H18ClNO3. The fraction of sp³-hybridized carbons (Fsp3) is 0.222. The molecule has 0 aromatic heterocycles. The lowest BCUT2D eigenvalue weighted by molar-refractivity contribution is -0.122. The molecule has 2 aromatic rings. The number of hydrogen-bond donors (Lipinski definition) is 1. The van der Waals surface area contributed by atoms with E-state index in [9.17, 15) is 9.59 Å². The second-order valence-electron chi connectivity index (χ2n) is 5.10. The van der Waals surface area contributed by atoms with Crippen LogP contribution in [0.15, 0.2) is 48.5 Å². The van der Waals surface area contributed by atoms with Crippen LogP contribution in [0.3, 0.4) is 0 Å². The van der Waals surface area contributed by atoms with E-state index in [1.165, 1.54) is 6.92 Å². The first kappa shape index (κ1) is 17.0. The summed E-state index contributed by atoms with van der Waals surface area (Å²) in [5.41, 5.74) is 1.11. The van der Waals surface area contributed by atoms with E-state index < -0.39 is 6.10 Å². The molecule has 4 nitrogen and oxygen atoms in total. The van der Waals surface area contributed by atoms with Crippen molar-refractivity contribution in [3.8, 4) is 5.75 Å². The maximum absolute atomic E-state index is 12.4. The predicted octanol–water partition coefficient (Wildman–Crippen LogP) is 4.34. The first-order valence-corrected chi connectivity index (χ1v) is 7.71. The SMILES string of the molecule is CC[C@H](Oc1cccc(Cl)c1)C(=O)Nc1cccc(C(C)=O)c1. The van der Waals surface area contributed by atoms with Crippen molar-refractivity contribution in [2.24, 2.45) is 0 Å². The van der Waals surface area contributed by atoms with Crippen molar-refractivity contribution in [3.05, 3.63) is 59.1 Å².